The lowest BCUT2D eigenvalue weighted by Crippen LogP contribution is -2.25. The maximum Gasteiger partial charge on any atom is 0.128 e. The van der Waals surface area contributed by atoms with E-state index in [4.69, 9.17) is 4.98 Å². The first-order valence-electron chi connectivity index (χ1n) is 7.23. The van der Waals surface area contributed by atoms with Gasteiger partial charge in [0.05, 0.1) is 0 Å². The smallest absolute Gasteiger partial charge is 0.128 e. The summed E-state index contributed by atoms with van der Waals surface area (Å²) in [6.45, 7) is 8.52. The first-order valence-corrected chi connectivity index (χ1v) is 7.23. The SMILES string of the molecule is CCNCc1ccc(N2CCCCCC2)nc1C. The molecule has 2 heterocycles. The van der Waals surface area contributed by atoms with Crippen molar-refractivity contribution in [2.45, 2.75) is 46.1 Å². The van der Waals surface area contributed by atoms with Crippen LogP contribution in [0.2, 0.25) is 0 Å². The first kappa shape index (κ1) is 13.3. The standard InChI is InChI=1S/C15H25N3/c1-3-16-12-14-8-9-15(17-13(14)2)18-10-6-4-5-7-11-18/h8-9,16H,3-7,10-12H2,1-2H3. The number of nitrogens with one attached hydrogen (secondary N) is 1. The predicted molar refractivity (Wildman–Crippen MR) is 77.0 cm³/mol. The lowest BCUT2D eigenvalue weighted by molar-refractivity contribution is 0.717. The highest BCUT2D eigenvalue weighted by molar-refractivity contribution is 5.41. The molecular weight excluding hydrogens is 222 g/mol. The van der Waals surface area contributed by atoms with Crippen LogP contribution in [0, 0.1) is 6.92 Å². The van der Waals surface area contributed by atoms with Gasteiger partial charge in [0, 0.05) is 25.3 Å². The van der Waals surface area contributed by atoms with Crippen LogP contribution in [0.4, 0.5) is 5.82 Å². The normalized spacial score (nSPS) is 16.7. The molecule has 0 atom stereocenters. The Bertz CT molecular complexity index is 368. The summed E-state index contributed by atoms with van der Waals surface area (Å²) in [5.74, 6) is 1.16. The highest BCUT2D eigenvalue weighted by Crippen LogP contribution is 2.19. The highest BCUT2D eigenvalue weighted by atomic mass is 15.2. The van der Waals surface area contributed by atoms with Crippen LogP contribution < -0.4 is 10.2 Å². The van der Waals surface area contributed by atoms with Gasteiger partial charge in [-0.15, -0.1) is 0 Å². The molecule has 0 spiro atoms. The molecule has 1 fully saturated rings. The van der Waals surface area contributed by atoms with Gasteiger partial charge in [-0.1, -0.05) is 25.8 Å². The molecule has 1 aromatic rings. The van der Waals surface area contributed by atoms with Crippen LogP contribution >= 0.6 is 0 Å². The number of hydrogen-bond acceptors (Lipinski definition) is 3. The van der Waals surface area contributed by atoms with Crippen molar-refractivity contribution in [1.29, 1.82) is 0 Å². The van der Waals surface area contributed by atoms with Crippen molar-refractivity contribution in [3.63, 3.8) is 0 Å². The second-order valence-electron chi connectivity index (χ2n) is 5.10. The number of aromatic nitrogens is 1. The lowest BCUT2D eigenvalue weighted by atomic mass is 10.2. The minimum atomic E-state index is 0.926. The minimum absolute atomic E-state index is 0.926. The monoisotopic (exact) mass is 247 g/mol. The molecule has 3 heteroatoms. The Hall–Kier alpha value is -1.09. The summed E-state index contributed by atoms with van der Waals surface area (Å²) in [4.78, 5) is 7.22. The van der Waals surface area contributed by atoms with Crippen LogP contribution in [0.15, 0.2) is 12.1 Å². The molecular formula is C15H25N3. The summed E-state index contributed by atoms with van der Waals surface area (Å²) in [5.41, 5.74) is 2.48. The Morgan fingerprint density at radius 1 is 1.17 bits per heavy atom. The van der Waals surface area contributed by atoms with Gasteiger partial charge in [0.2, 0.25) is 0 Å². The van der Waals surface area contributed by atoms with E-state index < -0.39 is 0 Å². The van der Waals surface area contributed by atoms with Crippen molar-refractivity contribution in [3.05, 3.63) is 23.4 Å². The third-order valence-electron chi connectivity index (χ3n) is 3.68. The molecule has 1 aliphatic rings. The molecule has 1 N–H and O–H groups in total. The fraction of sp³-hybridized carbons (Fsp3) is 0.667. The summed E-state index contributed by atoms with van der Waals surface area (Å²) >= 11 is 0. The molecule has 0 aromatic carbocycles. The lowest BCUT2D eigenvalue weighted by Gasteiger charge is -2.22. The van der Waals surface area contributed by atoms with Crippen LogP contribution in [-0.4, -0.2) is 24.6 Å². The Labute approximate surface area is 111 Å². The number of anilines is 1. The molecule has 2 rings (SSSR count). The van der Waals surface area contributed by atoms with E-state index >= 15 is 0 Å². The minimum Gasteiger partial charge on any atom is -0.357 e. The molecule has 0 aliphatic carbocycles. The van der Waals surface area contributed by atoms with Gasteiger partial charge in [0.25, 0.3) is 0 Å². The zero-order chi connectivity index (χ0) is 12.8. The number of aryl methyl sites for hydroxylation is 1. The van der Waals surface area contributed by atoms with E-state index in [2.05, 4.69) is 36.2 Å². The molecule has 0 radical (unpaired) electrons. The number of nitrogens with zero attached hydrogens (tertiary/aromatic N) is 2. The summed E-state index contributed by atoms with van der Waals surface area (Å²) in [7, 11) is 0. The van der Waals surface area contributed by atoms with Crippen LogP contribution in [0.1, 0.15) is 43.9 Å². The summed E-state index contributed by atoms with van der Waals surface area (Å²) in [6, 6.07) is 4.41. The topological polar surface area (TPSA) is 28.2 Å². The number of pyridine rings is 1. The van der Waals surface area contributed by atoms with Crippen LogP contribution in [0.5, 0.6) is 0 Å². The maximum atomic E-state index is 4.78. The van der Waals surface area contributed by atoms with E-state index in [0.29, 0.717) is 0 Å². The number of hydrogen-bond donors (Lipinski definition) is 1. The van der Waals surface area contributed by atoms with E-state index in [-0.39, 0.29) is 0 Å². The molecule has 1 aromatic heterocycles. The van der Waals surface area contributed by atoms with Gasteiger partial charge in [-0.2, -0.15) is 0 Å². The van der Waals surface area contributed by atoms with Crippen LogP contribution in [0.3, 0.4) is 0 Å². The van der Waals surface area contributed by atoms with E-state index in [1.807, 2.05) is 0 Å². The van der Waals surface area contributed by atoms with Crippen molar-refractivity contribution in [3.8, 4) is 0 Å². The third kappa shape index (κ3) is 3.45. The van der Waals surface area contributed by atoms with Crippen molar-refractivity contribution >= 4 is 5.82 Å². The molecule has 3 nitrogen and oxygen atoms in total. The zero-order valence-electron chi connectivity index (χ0n) is 11.7. The summed E-state index contributed by atoms with van der Waals surface area (Å²) < 4.78 is 0. The van der Waals surface area contributed by atoms with Crippen LogP contribution in [-0.2, 0) is 6.54 Å². The van der Waals surface area contributed by atoms with Gasteiger partial charge in [-0.05, 0) is 37.9 Å². The van der Waals surface area contributed by atoms with Gasteiger partial charge in [0.1, 0.15) is 5.82 Å². The molecule has 100 valence electrons. The van der Waals surface area contributed by atoms with Gasteiger partial charge in [-0.3, -0.25) is 0 Å². The molecule has 18 heavy (non-hydrogen) atoms. The summed E-state index contributed by atoms with van der Waals surface area (Å²) in [6.07, 6.45) is 5.35. The van der Waals surface area contributed by atoms with Crippen molar-refractivity contribution < 1.29 is 0 Å². The van der Waals surface area contributed by atoms with Crippen molar-refractivity contribution in [2.75, 3.05) is 24.5 Å². The van der Waals surface area contributed by atoms with Gasteiger partial charge in [0.15, 0.2) is 0 Å². The molecule has 1 aliphatic heterocycles. The Morgan fingerprint density at radius 3 is 2.50 bits per heavy atom. The Balaban J connectivity index is 2.06. The second-order valence-corrected chi connectivity index (χ2v) is 5.10. The fourth-order valence-electron chi connectivity index (χ4n) is 2.50. The fourth-order valence-corrected chi connectivity index (χ4v) is 2.50. The van der Waals surface area contributed by atoms with Gasteiger partial charge in [-0.25, -0.2) is 4.98 Å². The predicted octanol–water partition coefficient (Wildman–Crippen LogP) is 2.88. The van der Waals surface area contributed by atoms with Crippen molar-refractivity contribution in [2.24, 2.45) is 0 Å². The van der Waals surface area contributed by atoms with Gasteiger partial charge >= 0.3 is 0 Å². The van der Waals surface area contributed by atoms with E-state index in [1.54, 1.807) is 0 Å². The second kappa shape index (κ2) is 6.74. The van der Waals surface area contributed by atoms with Crippen LogP contribution in [0.25, 0.3) is 0 Å². The molecule has 0 saturated carbocycles. The highest BCUT2D eigenvalue weighted by Gasteiger charge is 2.11. The third-order valence-corrected chi connectivity index (χ3v) is 3.68. The van der Waals surface area contributed by atoms with E-state index in [9.17, 15) is 0 Å². The molecule has 0 unspecified atom stereocenters. The summed E-state index contributed by atoms with van der Waals surface area (Å²) in [5, 5.41) is 3.36. The average Bonchev–Trinajstić information content (AvgIpc) is 2.66. The Morgan fingerprint density at radius 2 is 1.89 bits per heavy atom. The quantitative estimate of drug-likeness (QED) is 0.886. The molecule has 0 amide bonds. The molecule has 1 saturated heterocycles. The number of rotatable bonds is 4. The Kier molecular flexibility index (Phi) is 5.00. The van der Waals surface area contributed by atoms with Crippen molar-refractivity contribution in [1.82, 2.24) is 10.3 Å². The molecule has 0 bridgehead atoms. The average molecular weight is 247 g/mol. The van der Waals surface area contributed by atoms with Gasteiger partial charge < -0.3 is 10.2 Å². The largest absolute Gasteiger partial charge is 0.357 e. The van der Waals surface area contributed by atoms with E-state index in [0.717, 1.165) is 24.6 Å². The maximum absolute atomic E-state index is 4.78. The first-order chi connectivity index (χ1) is 8.81. The zero-order valence-corrected chi connectivity index (χ0v) is 11.7. The van der Waals surface area contributed by atoms with E-state index in [1.165, 1.54) is 44.3 Å².